The van der Waals surface area contributed by atoms with Gasteiger partial charge in [-0.25, -0.2) is 0 Å². The van der Waals surface area contributed by atoms with E-state index in [2.05, 4.69) is 43.8 Å². The number of likely N-dealkylation sites (N-methyl/N-ethyl adjacent to an activating group) is 1. The molecule has 0 aromatic heterocycles. The summed E-state index contributed by atoms with van der Waals surface area (Å²) < 4.78 is 0. The van der Waals surface area contributed by atoms with Crippen molar-refractivity contribution in [2.24, 2.45) is 11.7 Å². The molecule has 1 aromatic rings. The number of para-hydroxylation sites is 1. The number of nitrogens with zero attached hydrogens (tertiary/aromatic N) is 2. The van der Waals surface area contributed by atoms with E-state index in [-0.39, 0.29) is 0 Å². The normalized spacial score (nSPS) is 11.4. The van der Waals surface area contributed by atoms with Crippen molar-refractivity contribution in [1.82, 2.24) is 4.90 Å². The molecule has 114 valence electrons. The van der Waals surface area contributed by atoms with Crippen LogP contribution in [0, 0.1) is 5.92 Å². The van der Waals surface area contributed by atoms with Crippen LogP contribution in [-0.2, 0) is 6.42 Å². The van der Waals surface area contributed by atoms with Gasteiger partial charge in [0.05, 0.1) is 10.7 Å². The van der Waals surface area contributed by atoms with Gasteiger partial charge in [-0.3, -0.25) is 0 Å². The van der Waals surface area contributed by atoms with Crippen molar-refractivity contribution in [3.8, 4) is 0 Å². The molecule has 1 rings (SSSR count). The number of halogens is 1. The Morgan fingerprint density at radius 2 is 1.90 bits per heavy atom. The number of rotatable bonds is 8. The van der Waals surface area contributed by atoms with E-state index >= 15 is 0 Å². The van der Waals surface area contributed by atoms with Crippen molar-refractivity contribution in [1.29, 1.82) is 0 Å². The van der Waals surface area contributed by atoms with Gasteiger partial charge in [0.2, 0.25) is 0 Å². The molecule has 4 heteroatoms. The standard InChI is InChI=1S/C16H28ClN3/c1-13(2)12-20(11-10-19(3)4)16-14(8-9-18)6-5-7-15(16)17/h5-7,13H,8-12,18H2,1-4H3. The van der Waals surface area contributed by atoms with E-state index in [1.165, 1.54) is 5.56 Å². The lowest BCUT2D eigenvalue weighted by molar-refractivity contribution is 0.409. The Morgan fingerprint density at radius 3 is 2.45 bits per heavy atom. The summed E-state index contributed by atoms with van der Waals surface area (Å²) >= 11 is 6.46. The second-order valence-electron chi connectivity index (χ2n) is 5.93. The maximum atomic E-state index is 6.46. The fourth-order valence-corrected chi connectivity index (χ4v) is 2.64. The molecule has 0 aliphatic carbocycles. The summed E-state index contributed by atoms with van der Waals surface area (Å²) in [5, 5.41) is 0.829. The predicted molar refractivity (Wildman–Crippen MR) is 89.8 cm³/mol. The van der Waals surface area contributed by atoms with Gasteiger partial charge in [-0.2, -0.15) is 0 Å². The van der Waals surface area contributed by atoms with E-state index in [0.29, 0.717) is 12.5 Å². The molecule has 3 nitrogen and oxygen atoms in total. The average Bonchev–Trinajstić information content (AvgIpc) is 2.35. The maximum Gasteiger partial charge on any atom is 0.0642 e. The highest BCUT2D eigenvalue weighted by Gasteiger charge is 2.16. The fourth-order valence-electron chi connectivity index (χ4n) is 2.33. The van der Waals surface area contributed by atoms with Gasteiger partial charge in [0.1, 0.15) is 0 Å². The molecule has 0 bridgehead atoms. The molecule has 0 saturated carbocycles. The van der Waals surface area contributed by atoms with E-state index in [1.807, 2.05) is 12.1 Å². The average molecular weight is 298 g/mol. The van der Waals surface area contributed by atoms with Crippen LogP contribution in [0.4, 0.5) is 5.69 Å². The molecule has 0 aliphatic heterocycles. The molecule has 0 unspecified atom stereocenters. The first-order chi connectivity index (χ1) is 9.45. The van der Waals surface area contributed by atoms with Crippen LogP contribution in [0.5, 0.6) is 0 Å². The monoisotopic (exact) mass is 297 g/mol. The second-order valence-corrected chi connectivity index (χ2v) is 6.34. The molecule has 0 amide bonds. The van der Waals surface area contributed by atoms with Crippen molar-refractivity contribution < 1.29 is 0 Å². The minimum atomic E-state index is 0.596. The van der Waals surface area contributed by atoms with Crippen molar-refractivity contribution in [2.75, 3.05) is 45.2 Å². The minimum Gasteiger partial charge on any atom is -0.369 e. The van der Waals surface area contributed by atoms with Gasteiger partial charge in [0.25, 0.3) is 0 Å². The summed E-state index contributed by atoms with van der Waals surface area (Å²) in [6, 6.07) is 6.12. The van der Waals surface area contributed by atoms with Crippen LogP contribution in [0.15, 0.2) is 18.2 Å². The van der Waals surface area contributed by atoms with Gasteiger partial charge in [-0.05, 0) is 44.6 Å². The first-order valence-electron chi connectivity index (χ1n) is 7.32. The number of benzene rings is 1. The number of anilines is 1. The Morgan fingerprint density at radius 1 is 1.20 bits per heavy atom. The summed E-state index contributed by atoms with van der Waals surface area (Å²) in [6.45, 7) is 8.13. The molecule has 0 atom stereocenters. The zero-order valence-electron chi connectivity index (χ0n) is 13.2. The van der Waals surface area contributed by atoms with E-state index < -0.39 is 0 Å². The minimum absolute atomic E-state index is 0.596. The third-order valence-corrected chi connectivity index (χ3v) is 3.51. The summed E-state index contributed by atoms with van der Waals surface area (Å²) in [5.74, 6) is 0.596. The summed E-state index contributed by atoms with van der Waals surface area (Å²) in [5.41, 5.74) is 8.14. The smallest absolute Gasteiger partial charge is 0.0642 e. The van der Waals surface area contributed by atoms with Crippen LogP contribution < -0.4 is 10.6 Å². The van der Waals surface area contributed by atoms with Crippen LogP contribution >= 0.6 is 11.6 Å². The van der Waals surface area contributed by atoms with Gasteiger partial charge >= 0.3 is 0 Å². The van der Waals surface area contributed by atoms with Crippen LogP contribution in [-0.4, -0.2) is 45.2 Å². The molecule has 0 fully saturated rings. The summed E-state index contributed by atoms with van der Waals surface area (Å²) in [7, 11) is 4.20. The lowest BCUT2D eigenvalue weighted by Crippen LogP contribution is -2.35. The van der Waals surface area contributed by atoms with Crippen LogP contribution in [0.2, 0.25) is 5.02 Å². The van der Waals surface area contributed by atoms with Crippen LogP contribution in [0.25, 0.3) is 0 Å². The van der Waals surface area contributed by atoms with Gasteiger partial charge in [-0.1, -0.05) is 37.6 Å². The van der Waals surface area contributed by atoms with Crippen LogP contribution in [0.1, 0.15) is 19.4 Å². The van der Waals surface area contributed by atoms with Crippen molar-refractivity contribution >= 4 is 17.3 Å². The van der Waals surface area contributed by atoms with Gasteiger partial charge in [0.15, 0.2) is 0 Å². The molecule has 2 N–H and O–H groups in total. The highest BCUT2D eigenvalue weighted by Crippen LogP contribution is 2.30. The third-order valence-electron chi connectivity index (χ3n) is 3.20. The van der Waals surface area contributed by atoms with Gasteiger partial charge in [0, 0.05) is 19.6 Å². The van der Waals surface area contributed by atoms with Crippen molar-refractivity contribution in [3.63, 3.8) is 0 Å². The molecular formula is C16H28ClN3. The first-order valence-corrected chi connectivity index (χ1v) is 7.70. The molecule has 1 aromatic carbocycles. The lowest BCUT2D eigenvalue weighted by atomic mass is 10.1. The Balaban J connectivity index is 3.04. The molecule has 0 saturated heterocycles. The molecule has 0 heterocycles. The van der Waals surface area contributed by atoms with E-state index in [0.717, 1.165) is 36.8 Å². The van der Waals surface area contributed by atoms with E-state index in [9.17, 15) is 0 Å². The number of nitrogens with two attached hydrogens (primary N) is 1. The Kier molecular flexibility index (Phi) is 7.35. The topological polar surface area (TPSA) is 32.5 Å². The number of hydrogen-bond acceptors (Lipinski definition) is 3. The molecule has 20 heavy (non-hydrogen) atoms. The molecule has 0 spiro atoms. The summed E-state index contributed by atoms with van der Waals surface area (Å²) in [6.07, 6.45) is 0.868. The van der Waals surface area contributed by atoms with E-state index in [4.69, 9.17) is 17.3 Å². The molecule has 0 radical (unpaired) electrons. The highest BCUT2D eigenvalue weighted by atomic mass is 35.5. The SMILES string of the molecule is CC(C)CN(CCN(C)C)c1c(Cl)cccc1CCN. The van der Waals surface area contributed by atoms with Gasteiger partial charge < -0.3 is 15.5 Å². The van der Waals surface area contributed by atoms with Crippen LogP contribution in [0.3, 0.4) is 0 Å². The van der Waals surface area contributed by atoms with Gasteiger partial charge in [-0.15, -0.1) is 0 Å². The lowest BCUT2D eigenvalue weighted by Gasteiger charge is -2.31. The third kappa shape index (κ3) is 5.31. The zero-order valence-corrected chi connectivity index (χ0v) is 14.0. The summed E-state index contributed by atoms with van der Waals surface area (Å²) in [4.78, 5) is 4.60. The Labute approximate surface area is 128 Å². The zero-order chi connectivity index (χ0) is 15.1. The van der Waals surface area contributed by atoms with Crippen molar-refractivity contribution in [3.05, 3.63) is 28.8 Å². The predicted octanol–water partition coefficient (Wildman–Crippen LogP) is 2.87. The van der Waals surface area contributed by atoms with Crippen molar-refractivity contribution in [2.45, 2.75) is 20.3 Å². The maximum absolute atomic E-state index is 6.46. The Bertz CT molecular complexity index is 405. The quantitative estimate of drug-likeness (QED) is 0.801. The van der Waals surface area contributed by atoms with E-state index in [1.54, 1.807) is 0 Å². The Hall–Kier alpha value is -0.770. The number of hydrogen-bond donors (Lipinski definition) is 1. The second kappa shape index (κ2) is 8.50. The fraction of sp³-hybridized carbons (Fsp3) is 0.625. The largest absolute Gasteiger partial charge is 0.369 e. The molecular weight excluding hydrogens is 270 g/mol. The molecule has 0 aliphatic rings. The highest BCUT2D eigenvalue weighted by molar-refractivity contribution is 6.33. The first kappa shape index (κ1) is 17.3.